The second-order valence-corrected chi connectivity index (χ2v) is 11.0. The van der Waals surface area contributed by atoms with Crippen molar-refractivity contribution >= 4 is 23.2 Å². The average molecular weight is 536 g/mol. The summed E-state index contributed by atoms with van der Waals surface area (Å²) in [6.45, 7) is 7.95. The van der Waals surface area contributed by atoms with Crippen molar-refractivity contribution in [3.05, 3.63) is 54.1 Å². The van der Waals surface area contributed by atoms with Crippen LogP contribution >= 0.6 is 0 Å². The number of benzene rings is 2. The number of piperazine rings is 1. The topological polar surface area (TPSA) is 85.9 Å². The summed E-state index contributed by atoms with van der Waals surface area (Å²) < 4.78 is 6.00. The number of rotatable bonds is 13. The quantitative estimate of drug-likeness (QED) is 0.335. The molecule has 2 aromatic rings. The Morgan fingerprint density at radius 1 is 0.897 bits per heavy atom. The lowest BCUT2D eigenvalue weighted by Gasteiger charge is -2.34. The van der Waals surface area contributed by atoms with Crippen molar-refractivity contribution in [3.63, 3.8) is 0 Å². The van der Waals surface area contributed by atoms with Gasteiger partial charge in [-0.3, -0.25) is 9.59 Å². The minimum absolute atomic E-state index is 0.0374. The van der Waals surface area contributed by atoms with Gasteiger partial charge in [0.2, 0.25) is 5.91 Å². The molecule has 0 radical (unpaired) electrons. The molecule has 4 rings (SSSR count). The number of anilines is 2. The molecule has 1 heterocycles. The first-order chi connectivity index (χ1) is 19.0. The first-order valence-corrected chi connectivity index (χ1v) is 14.6. The molecule has 3 N–H and O–H groups in total. The molecule has 2 aliphatic rings. The molecule has 1 saturated carbocycles. The highest BCUT2D eigenvalue weighted by molar-refractivity contribution is 5.94. The minimum Gasteiger partial charge on any atom is -0.490 e. The molecule has 2 amide bonds. The fourth-order valence-corrected chi connectivity index (χ4v) is 5.17. The fourth-order valence-electron chi connectivity index (χ4n) is 5.17. The standard InChI is InChI=1S/C31H45N5O3/c1-24(15-16-34-31(38)25-7-11-27(12-8-25)36-21-19-35(2)20-22-36)23-30(37)33-18-17-32-26-9-13-29(14-10-26)39-28-5-3-4-6-28/h7-14,24,28,32H,3-6,15-23H2,1-2H3,(H,33,37)(H,34,38). The molecule has 1 aliphatic heterocycles. The Hall–Kier alpha value is -3.26. The van der Waals surface area contributed by atoms with E-state index in [0.717, 1.165) is 62.6 Å². The monoisotopic (exact) mass is 535 g/mol. The van der Waals surface area contributed by atoms with E-state index in [0.29, 0.717) is 37.7 Å². The molecule has 0 bridgehead atoms. The van der Waals surface area contributed by atoms with Crippen LogP contribution in [-0.2, 0) is 4.79 Å². The van der Waals surface area contributed by atoms with Crippen molar-refractivity contribution in [2.45, 2.75) is 51.6 Å². The van der Waals surface area contributed by atoms with E-state index in [4.69, 9.17) is 4.74 Å². The van der Waals surface area contributed by atoms with Crippen LogP contribution in [0.25, 0.3) is 0 Å². The molecule has 0 spiro atoms. The molecule has 212 valence electrons. The predicted molar refractivity (Wildman–Crippen MR) is 158 cm³/mol. The Labute approximate surface area is 233 Å². The van der Waals surface area contributed by atoms with E-state index < -0.39 is 0 Å². The van der Waals surface area contributed by atoms with Gasteiger partial charge in [0.05, 0.1) is 6.10 Å². The van der Waals surface area contributed by atoms with Crippen molar-refractivity contribution in [1.29, 1.82) is 0 Å². The van der Waals surface area contributed by atoms with Gasteiger partial charge in [0, 0.05) is 69.2 Å². The lowest BCUT2D eigenvalue weighted by Crippen LogP contribution is -2.44. The third kappa shape index (κ3) is 9.46. The van der Waals surface area contributed by atoms with Crippen LogP contribution in [0, 0.1) is 5.92 Å². The molecule has 1 saturated heterocycles. The van der Waals surface area contributed by atoms with E-state index in [2.05, 4.69) is 32.8 Å². The first-order valence-electron chi connectivity index (χ1n) is 14.6. The van der Waals surface area contributed by atoms with E-state index in [1.54, 1.807) is 0 Å². The number of likely N-dealkylation sites (N-methyl/N-ethyl adjacent to an activating group) is 1. The number of carbonyl (C=O) groups is 2. The Kier molecular flexibility index (Phi) is 10.9. The molecule has 8 nitrogen and oxygen atoms in total. The SMILES string of the molecule is CC(CCNC(=O)c1ccc(N2CCN(C)CC2)cc1)CC(=O)NCCNc1ccc(OC2CCCC2)cc1. The highest BCUT2D eigenvalue weighted by Gasteiger charge is 2.17. The van der Waals surface area contributed by atoms with E-state index in [9.17, 15) is 9.59 Å². The maximum atomic E-state index is 12.5. The van der Waals surface area contributed by atoms with Crippen LogP contribution in [0.3, 0.4) is 0 Å². The van der Waals surface area contributed by atoms with Crippen molar-refractivity contribution in [2.24, 2.45) is 5.92 Å². The third-order valence-corrected chi connectivity index (χ3v) is 7.69. The van der Waals surface area contributed by atoms with Gasteiger partial charge in [-0.05, 0) is 93.6 Å². The van der Waals surface area contributed by atoms with Gasteiger partial charge < -0.3 is 30.5 Å². The smallest absolute Gasteiger partial charge is 0.251 e. The lowest BCUT2D eigenvalue weighted by molar-refractivity contribution is -0.121. The van der Waals surface area contributed by atoms with Crippen LogP contribution in [-0.4, -0.2) is 75.7 Å². The van der Waals surface area contributed by atoms with Crippen LogP contribution in [0.4, 0.5) is 11.4 Å². The maximum absolute atomic E-state index is 12.5. The van der Waals surface area contributed by atoms with Crippen LogP contribution in [0.15, 0.2) is 48.5 Å². The highest BCUT2D eigenvalue weighted by atomic mass is 16.5. The van der Waals surface area contributed by atoms with Crippen molar-refractivity contribution in [1.82, 2.24) is 15.5 Å². The lowest BCUT2D eigenvalue weighted by atomic mass is 10.0. The fraction of sp³-hybridized carbons (Fsp3) is 0.548. The van der Waals surface area contributed by atoms with Crippen LogP contribution in [0.1, 0.15) is 55.8 Å². The number of ether oxygens (including phenoxy) is 1. The number of hydrogen-bond donors (Lipinski definition) is 3. The maximum Gasteiger partial charge on any atom is 0.251 e. The number of nitrogens with one attached hydrogen (secondary N) is 3. The normalized spacial score (nSPS) is 17.0. The Morgan fingerprint density at radius 3 is 2.28 bits per heavy atom. The third-order valence-electron chi connectivity index (χ3n) is 7.69. The Morgan fingerprint density at radius 2 is 1.59 bits per heavy atom. The average Bonchev–Trinajstić information content (AvgIpc) is 3.45. The summed E-state index contributed by atoms with van der Waals surface area (Å²) in [6.07, 6.45) is 6.39. The molecule has 1 unspecified atom stereocenters. The van der Waals surface area contributed by atoms with Gasteiger partial charge >= 0.3 is 0 Å². The summed E-state index contributed by atoms with van der Waals surface area (Å²) in [7, 11) is 2.14. The zero-order valence-electron chi connectivity index (χ0n) is 23.6. The molecule has 0 aromatic heterocycles. The summed E-state index contributed by atoms with van der Waals surface area (Å²) >= 11 is 0. The van der Waals surface area contributed by atoms with E-state index in [-0.39, 0.29) is 17.7 Å². The van der Waals surface area contributed by atoms with E-state index in [1.165, 1.54) is 12.8 Å². The second kappa shape index (κ2) is 14.8. The zero-order chi connectivity index (χ0) is 27.5. The molecule has 39 heavy (non-hydrogen) atoms. The summed E-state index contributed by atoms with van der Waals surface area (Å²) in [6, 6.07) is 15.9. The largest absolute Gasteiger partial charge is 0.490 e. The van der Waals surface area contributed by atoms with Crippen LogP contribution < -0.4 is 25.6 Å². The minimum atomic E-state index is -0.0687. The number of hydrogen-bond acceptors (Lipinski definition) is 6. The van der Waals surface area contributed by atoms with Crippen molar-refractivity contribution < 1.29 is 14.3 Å². The second-order valence-electron chi connectivity index (χ2n) is 11.0. The highest BCUT2D eigenvalue weighted by Crippen LogP contribution is 2.25. The molecular formula is C31H45N5O3. The molecular weight excluding hydrogens is 490 g/mol. The summed E-state index contributed by atoms with van der Waals surface area (Å²) in [5.41, 5.74) is 2.85. The number of amides is 2. The van der Waals surface area contributed by atoms with Crippen LogP contribution in [0.5, 0.6) is 5.75 Å². The number of nitrogens with zero attached hydrogens (tertiary/aromatic N) is 2. The summed E-state index contributed by atoms with van der Waals surface area (Å²) in [4.78, 5) is 29.5. The predicted octanol–water partition coefficient (Wildman–Crippen LogP) is 4.13. The van der Waals surface area contributed by atoms with E-state index in [1.807, 2.05) is 55.5 Å². The zero-order valence-corrected chi connectivity index (χ0v) is 23.6. The Bertz CT molecular complexity index is 1030. The van der Waals surface area contributed by atoms with Gasteiger partial charge in [-0.25, -0.2) is 0 Å². The summed E-state index contributed by atoms with van der Waals surface area (Å²) in [5, 5.41) is 9.31. The number of carbonyl (C=O) groups excluding carboxylic acids is 2. The van der Waals surface area contributed by atoms with Crippen LogP contribution in [0.2, 0.25) is 0 Å². The van der Waals surface area contributed by atoms with Crippen molar-refractivity contribution in [3.8, 4) is 5.75 Å². The van der Waals surface area contributed by atoms with Crippen molar-refractivity contribution in [2.75, 3.05) is 63.1 Å². The first kappa shape index (κ1) is 28.7. The molecule has 1 aliphatic carbocycles. The van der Waals surface area contributed by atoms with Gasteiger partial charge in [-0.1, -0.05) is 6.92 Å². The Balaban J connectivity index is 1.05. The van der Waals surface area contributed by atoms with E-state index >= 15 is 0 Å². The molecule has 2 aromatic carbocycles. The molecule has 8 heteroatoms. The van der Waals surface area contributed by atoms with Gasteiger partial charge in [0.1, 0.15) is 5.75 Å². The van der Waals surface area contributed by atoms with Gasteiger partial charge in [-0.2, -0.15) is 0 Å². The molecule has 2 fully saturated rings. The van der Waals surface area contributed by atoms with Gasteiger partial charge in [-0.15, -0.1) is 0 Å². The van der Waals surface area contributed by atoms with Gasteiger partial charge in [0.15, 0.2) is 0 Å². The van der Waals surface area contributed by atoms with Gasteiger partial charge in [0.25, 0.3) is 5.91 Å². The molecule has 1 atom stereocenters. The summed E-state index contributed by atoms with van der Waals surface area (Å²) in [5.74, 6) is 1.08.